The molecule has 1 N–H and O–H groups in total. The van der Waals surface area contributed by atoms with Crippen molar-refractivity contribution in [3.05, 3.63) is 46.6 Å². The highest BCUT2D eigenvalue weighted by Crippen LogP contribution is 2.25. The van der Waals surface area contributed by atoms with Crippen LogP contribution < -0.4 is 10.2 Å². The number of carbonyl (C=O) groups is 1. The molecular formula is C25H34ClN5O2S. The Labute approximate surface area is 211 Å². The summed E-state index contributed by atoms with van der Waals surface area (Å²) in [6.07, 6.45) is 4.90. The summed E-state index contributed by atoms with van der Waals surface area (Å²) in [5.74, 6) is 1.53. The van der Waals surface area contributed by atoms with Crippen LogP contribution in [0.4, 0.5) is 5.82 Å². The smallest absolute Gasteiger partial charge is 0.251 e. The number of piperidine rings is 1. The Morgan fingerprint density at radius 3 is 2.74 bits per heavy atom. The highest BCUT2D eigenvalue weighted by molar-refractivity contribution is 7.98. The molecule has 1 atom stereocenters. The first-order chi connectivity index (χ1) is 16.6. The molecule has 0 radical (unpaired) electrons. The third-order valence-corrected chi connectivity index (χ3v) is 7.54. The van der Waals surface area contributed by atoms with Gasteiger partial charge in [-0.2, -0.15) is 0 Å². The standard InChI is InChI=1S/C25H34ClN5O2S/c1-19-5-2-3-11-30(19)12-4-10-27-24(32)21-8-6-20(7-9-21)18-34-25-28-22(26)17-23(29-25)31-13-15-33-16-14-31/h6-9,17,19H,2-5,10-16,18H2,1H3,(H,27,32). The maximum atomic E-state index is 12.5. The molecule has 2 aliphatic rings. The van der Waals surface area contributed by atoms with Crippen LogP contribution in [0, 0.1) is 0 Å². The molecule has 7 nitrogen and oxygen atoms in total. The van der Waals surface area contributed by atoms with Crippen molar-refractivity contribution >= 4 is 35.1 Å². The summed E-state index contributed by atoms with van der Waals surface area (Å²) in [5, 5.41) is 4.15. The fourth-order valence-corrected chi connectivity index (χ4v) is 5.42. The monoisotopic (exact) mass is 503 g/mol. The second-order valence-electron chi connectivity index (χ2n) is 8.91. The minimum absolute atomic E-state index is 0.0146. The predicted octanol–water partition coefficient (Wildman–Crippen LogP) is 4.25. The number of nitrogens with zero attached hydrogens (tertiary/aromatic N) is 4. The normalized spacial score (nSPS) is 19.2. The number of hydrogen-bond donors (Lipinski definition) is 1. The van der Waals surface area contributed by atoms with Crippen molar-refractivity contribution in [1.29, 1.82) is 0 Å². The Kier molecular flexibility index (Phi) is 9.44. The second-order valence-corrected chi connectivity index (χ2v) is 10.2. The molecule has 1 aromatic heterocycles. The van der Waals surface area contributed by atoms with Gasteiger partial charge in [0.2, 0.25) is 0 Å². The van der Waals surface area contributed by atoms with Crippen LogP contribution in [0.5, 0.6) is 0 Å². The lowest BCUT2D eigenvalue weighted by atomic mass is 10.0. The van der Waals surface area contributed by atoms with Gasteiger partial charge < -0.3 is 19.9 Å². The van der Waals surface area contributed by atoms with Crippen LogP contribution in [-0.4, -0.2) is 72.8 Å². The zero-order valence-corrected chi connectivity index (χ0v) is 21.4. The number of morpholine rings is 1. The molecule has 34 heavy (non-hydrogen) atoms. The van der Waals surface area contributed by atoms with E-state index in [0.717, 1.165) is 37.4 Å². The van der Waals surface area contributed by atoms with E-state index < -0.39 is 0 Å². The van der Waals surface area contributed by atoms with E-state index in [1.54, 1.807) is 17.8 Å². The maximum Gasteiger partial charge on any atom is 0.251 e. The van der Waals surface area contributed by atoms with E-state index in [1.807, 2.05) is 24.3 Å². The Bertz CT molecular complexity index is 939. The van der Waals surface area contributed by atoms with Crippen LogP contribution in [0.3, 0.4) is 0 Å². The lowest BCUT2D eigenvalue weighted by molar-refractivity contribution is 0.0949. The highest BCUT2D eigenvalue weighted by atomic mass is 35.5. The van der Waals surface area contributed by atoms with Crippen molar-refractivity contribution < 1.29 is 9.53 Å². The van der Waals surface area contributed by atoms with Crippen molar-refractivity contribution in [3.8, 4) is 0 Å². The molecule has 0 aliphatic carbocycles. The van der Waals surface area contributed by atoms with Gasteiger partial charge in [-0.25, -0.2) is 9.97 Å². The molecule has 4 rings (SSSR count). The number of carbonyl (C=O) groups excluding carboxylic acids is 1. The van der Waals surface area contributed by atoms with Crippen molar-refractivity contribution in [2.75, 3.05) is 50.8 Å². The van der Waals surface area contributed by atoms with Gasteiger partial charge in [0, 0.05) is 49.6 Å². The summed E-state index contributed by atoms with van der Waals surface area (Å²) < 4.78 is 5.42. The number of benzene rings is 1. The molecule has 2 saturated heterocycles. The lowest BCUT2D eigenvalue weighted by Gasteiger charge is -2.33. The van der Waals surface area contributed by atoms with E-state index >= 15 is 0 Å². The first kappa shape index (κ1) is 25.2. The van der Waals surface area contributed by atoms with Gasteiger partial charge in [-0.1, -0.05) is 41.9 Å². The number of thioether (sulfide) groups is 1. The van der Waals surface area contributed by atoms with E-state index in [4.69, 9.17) is 16.3 Å². The largest absolute Gasteiger partial charge is 0.378 e. The van der Waals surface area contributed by atoms with Crippen LogP contribution in [-0.2, 0) is 10.5 Å². The Morgan fingerprint density at radius 2 is 1.97 bits per heavy atom. The van der Waals surface area contributed by atoms with Crippen molar-refractivity contribution in [2.24, 2.45) is 0 Å². The molecule has 0 saturated carbocycles. The summed E-state index contributed by atoms with van der Waals surface area (Å²) in [6, 6.07) is 10.2. The Hall–Kier alpha value is -1.87. The summed E-state index contributed by atoms with van der Waals surface area (Å²) in [7, 11) is 0. The molecule has 0 bridgehead atoms. The molecule has 1 aromatic carbocycles. The van der Waals surface area contributed by atoms with Crippen LogP contribution in [0.1, 0.15) is 48.5 Å². The van der Waals surface area contributed by atoms with Gasteiger partial charge in [0.25, 0.3) is 5.91 Å². The number of nitrogens with one attached hydrogen (secondary N) is 1. The average Bonchev–Trinajstić information content (AvgIpc) is 2.87. The van der Waals surface area contributed by atoms with Crippen molar-refractivity contribution in [3.63, 3.8) is 0 Å². The number of amides is 1. The third-order valence-electron chi connectivity index (χ3n) is 6.43. The van der Waals surface area contributed by atoms with E-state index in [2.05, 4.69) is 32.0 Å². The highest BCUT2D eigenvalue weighted by Gasteiger charge is 2.17. The summed E-state index contributed by atoms with van der Waals surface area (Å²) >= 11 is 7.78. The summed E-state index contributed by atoms with van der Waals surface area (Å²) in [6.45, 7) is 8.25. The number of ether oxygens (including phenoxy) is 1. The van der Waals surface area contributed by atoms with Gasteiger partial charge in [0.05, 0.1) is 13.2 Å². The average molecular weight is 504 g/mol. The van der Waals surface area contributed by atoms with E-state index in [9.17, 15) is 4.79 Å². The minimum Gasteiger partial charge on any atom is -0.378 e. The number of likely N-dealkylation sites (tertiary alicyclic amines) is 1. The first-order valence-electron chi connectivity index (χ1n) is 12.2. The van der Waals surface area contributed by atoms with Gasteiger partial charge in [-0.15, -0.1) is 0 Å². The van der Waals surface area contributed by atoms with E-state index in [-0.39, 0.29) is 5.91 Å². The number of halogens is 1. The number of hydrogen-bond acceptors (Lipinski definition) is 7. The zero-order valence-electron chi connectivity index (χ0n) is 19.8. The molecule has 2 aromatic rings. The molecule has 9 heteroatoms. The fraction of sp³-hybridized carbons (Fsp3) is 0.560. The van der Waals surface area contributed by atoms with Crippen LogP contribution in [0.25, 0.3) is 0 Å². The van der Waals surface area contributed by atoms with Gasteiger partial charge in [0.15, 0.2) is 5.16 Å². The van der Waals surface area contributed by atoms with Crippen LogP contribution >= 0.6 is 23.4 Å². The van der Waals surface area contributed by atoms with Crippen LogP contribution in [0.2, 0.25) is 5.15 Å². The molecule has 2 fully saturated rings. The molecule has 184 valence electrons. The Balaban J connectivity index is 1.23. The lowest BCUT2D eigenvalue weighted by Crippen LogP contribution is -2.39. The van der Waals surface area contributed by atoms with Gasteiger partial charge in [-0.3, -0.25) is 4.79 Å². The van der Waals surface area contributed by atoms with Crippen molar-refractivity contribution in [2.45, 2.75) is 49.6 Å². The molecule has 3 heterocycles. The van der Waals surface area contributed by atoms with Crippen LogP contribution in [0.15, 0.2) is 35.5 Å². The molecular weight excluding hydrogens is 470 g/mol. The third kappa shape index (κ3) is 7.31. The minimum atomic E-state index is -0.0146. The van der Waals surface area contributed by atoms with Gasteiger partial charge in [-0.05, 0) is 50.4 Å². The maximum absolute atomic E-state index is 12.5. The summed E-state index contributed by atoms with van der Waals surface area (Å²) in [5.41, 5.74) is 1.80. The quantitative estimate of drug-likeness (QED) is 0.237. The molecule has 1 unspecified atom stereocenters. The van der Waals surface area contributed by atoms with Crippen molar-refractivity contribution in [1.82, 2.24) is 20.2 Å². The fourth-order valence-electron chi connectivity index (χ4n) is 4.38. The Morgan fingerprint density at radius 1 is 1.18 bits per heavy atom. The SMILES string of the molecule is CC1CCCCN1CCCNC(=O)c1ccc(CSc2nc(Cl)cc(N3CCOCC3)n2)cc1. The van der Waals surface area contributed by atoms with Gasteiger partial charge >= 0.3 is 0 Å². The topological polar surface area (TPSA) is 70.6 Å². The predicted molar refractivity (Wildman–Crippen MR) is 138 cm³/mol. The van der Waals surface area contributed by atoms with Gasteiger partial charge in [0.1, 0.15) is 11.0 Å². The van der Waals surface area contributed by atoms with E-state index in [0.29, 0.717) is 47.4 Å². The molecule has 0 spiro atoms. The molecule has 2 aliphatic heterocycles. The summed E-state index contributed by atoms with van der Waals surface area (Å²) in [4.78, 5) is 26.2. The number of rotatable bonds is 9. The zero-order chi connectivity index (χ0) is 23.8. The second kappa shape index (κ2) is 12.7. The number of aromatic nitrogens is 2. The first-order valence-corrected chi connectivity index (χ1v) is 13.6. The number of anilines is 1. The van der Waals surface area contributed by atoms with E-state index in [1.165, 1.54) is 25.8 Å². The molecule has 1 amide bonds.